The Balaban J connectivity index is 0.000000251. The zero-order chi connectivity index (χ0) is 36.0. The molecule has 3 aromatic heterocycles. The van der Waals surface area contributed by atoms with Gasteiger partial charge >= 0.3 is 0 Å². The van der Waals surface area contributed by atoms with E-state index in [1.54, 1.807) is 24.3 Å². The summed E-state index contributed by atoms with van der Waals surface area (Å²) in [6.45, 7) is 7.18. The van der Waals surface area contributed by atoms with Crippen molar-refractivity contribution in [3.05, 3.63) is 122 Å². The topological polar surface area (TPSA) is 130 Å². The monoisotopic (exact) mass is 725 g/mol. The van der Waals surface area contributed by atoms with Crippen molar-refractivity contribution < 1.29 is 18.7 Å². The van der Waals surface area contributed by atoms with Gasteiger partial charge in [0.05, 0.1) is 41.1 Å². The summed E-state index contributed by atoms with van der Waals surface area (Å²) in [5.41, 5.74) is 6.49. The first kappa shape index (κ1) is 35.4. The molecule has 8 rings (SSSR count). The lowest BCUT2D eigenvalue weighted by molar-refractivity contribution is -0.109. The van der Waals surface area contributed by atoms with E-state index in [0.29, 0.717) is 40.7 Å². The molecule has 3 aromatic carbocycles. The summed E-state index contributed by atoms with van der Waals surface area (Å²) in [6.07, 6.45) is 4.07. The van der Waals surface area contributed by atoms with Crippen molar-refractivity contribution in [2.75, 3.05) is 19.7 Å². The molecule has 2 saturated heterocycles. The maximum absolute atomic E-state index is 14.1. The molecule has 0 saturated carbocycles. The Morgan fingerprint density at radius 2 is 1.88 bits per heavy atom. The van der Waals surface area contributed by atoms with E-state index >= 15 is 0 Å². The third kappa shape index (κ3) is 8.36. The number of ether oxygens (including phenoxy) is 2. The summed E-state index contributed by atoms with van der Waals surface area (Å²) in [5, 5.41) is 8.75. The zero-order valence-electron chi connectivity index (χ0n) is 28.9. The molecular formula is C39H41ClFN7O4. The Kier molecular flexibility index (Phi) is 11.0. The van der Waals surface area contributed by atoms with Crippen LogP contribution in [0.5, 0.6) is 5.88 Å². The number of halogens is 2. The van der Waals surface area contributed by atoms with E-state index in [1.165, 1.54) is 17.1 Å². The molecule has 6 aromatic rings. The third-order valence-electron chi connectivity index (χ3n) is 9.70. The number of hydrogen-bond donors (Lipinski definition) is 3. The van der Waals surface area contributed by atoms with Crippen LogP contribution in [0.25, 0.3) is 21.9 Å². The molecule has 0 aliphatic carbocycles. The molecule has 11 nitrogen and oxygen atoms in total. The molecule has 3 N–H and O–H groups in total. The summed E-state index contributed by atoms with van der Waals surface area (Å²) < 4.78 is 28.0. The molecule has 2 aliphatic rings. The van der Waals surface area contributed by atoms with Gasteiger partial charge in [0, 0.05) is 41.4 Å². The Labute approximate surface area is 305 Å². The Bertz CT molecular complexity index is 2220. The number of imidazole rings is 1. The fourth-order valence-electron chi connectivity index (χ4n) is 6.71. The fraction of sp³-hybridized carbons (Fsp3) is 0.333. The lowest BCUT2D eigenvalue weighted by Gasteiger charge is -2.32. The number of aromatic amines is 2. The summed E-state index contributed by atoms with van der Waals surface area (Å²) in [5.74, 6) is 1.63. The summed E-state index contributed by atoms with van der Waals surface area (Å²) in [7, 11) is 0. The molecule has 1 atom stereocenters. The highest BCUT2D eigenvalue weighted by molar-refractivity contribution is 6.30. The minimum Gasteiger partial charge on any atom is -0.473 e. The van der Waals surface area contributed by atoms with Crippen molar-refractivity contribution in [1.82, 2.24) is 34.9 Å². The fourth-order valence-corrected chi connectivity index (χ4v) is 6.87. The van der Waals surface area contributed by atoms with Crippen LogP contribution in [-0.2, 0) is 35.8 Å². The van der Waals surface area contributed by atoms with Gasteiger partial charge in [-0.3, -0.25) is 24.7 Å². The van der Waals surface area contributed by atoms with E-state index in [0.717, 1.165) is 80.2 Å². The number of nitrogens with one attached hydrogen (secondary N) is 3. The van der Waals surface area contributed by atoms with Gasteiger partial charge in [-0.25, -0.2) is 14.4 Å². The number of carbonyl (C=O) groups is 1. The molecule has 13 heteroatoms. The molecule has 2 fully saturated rings. The lowest BCUT2D eigenvalue weighted by atomic mass is 9.93. The van der Waals surface area contributed by atoms with Gasteiger partial charge < -0.3 is 19.4 Å². The predicted molar refractivity (Wildman–Crippen MR) is 198 cm³/mol. The predicted octanol–water partition coefficient (Wildman–Crippen LogP) is 6.38. The van der Waals surface area contributed by atoms with Crippen LogP contribution in [-0.4, -0.2) is 61.8 Å². The van der Waals surface area contributed by atoms with Crippen LogP contribution < -0.4 is 15.6 Å². The van der Waals surface area contributed by atoms with Crippen LogP contribution in [0, 0.1) is 12.7 Å². The average molecular weight is 726 g/mol. The molecule has 5 heterocycles. The van der Waals surface area contributed by atoms with E-state index in [-0.39, 0.29) is 24.1 Å². The highest BCUT2D eigenvalue weighted by atomic mass is 35.5. The second kappa shape index (κ2) is 16.1. The number of rotatable bonds is 11. The van der Waals surface area contributed by atoms with Gasteiger partial charge in [0.1, 0.15) is 18.2 Å². The molecule has 270 valence electrons. The highest BCUT2D eigenvalue weighted by Gasteiger charge is 2.26. The number of amides is 1. The van der Waals surface area contributed by atoms with Gasteiger partial charge in [-0.2, -0.15) is 0 Å². The van der Waals surface area contributed by atoms with Crippen LogP contribution in [0.1, 0.15) is 53.4 Å². The van der Waals surface area contributed by atoms with Crippen LogP contribution in [0.15, 0.2) is 77.6 Å². The van der Waals surface area contributed by atoms with Crippen molar-refractivity contribution in [3.8, 4) is 5.88 Å². The van der Waals surface area contributed by atoms with Gasteiger partial charge in [-0.1, -0.05) is 35.9 Å². The lowest BCUT2D eigenvalue weighted by Crippen LogP contribution is -2.35. The van der Waals surface area contributed by atoms with E-state index in [2.05, 4.69) is 56.2 Å². The Morgan fingerprint density at radius 3 is 2.65 bits per heavy atom. The third-order valence-corrected chi connectivity index (χ3v) is 9.93. The van der Waals surface area contributed by atoms with Gasteiger partial charge in [-0.05, 0) is 92.9 Å². The van der Waals surface area contributed by atoms with Crippen molar-refractivity contribution >= 4 is 39.9 Å². The average Bonchev–Trinajstić information content (AvgIpc) is 3.67. The molecular weight excluding hydrogens is 685 g/mol. The number of aryl methyl sites for hydroxylation is 1. The summed E-state index contributed by atoms with van der Waals surface area (Å²) >= 11 is 5.85. The van der Waals surface area contributed by atoms with E-state index in [9.17, 15) is 14.0 Å². The van der Waals surface area contributed by atoms with Crippen LogP contribution in [0.2, 0.25) is 5.02 Å². The summed E-state index contributed by atoms with van der Waals surface area (Å²) in [6, 6.07) is 22.4. The second-order valence-corrected chi connectivity index (χ2v) is 13.8. The van der Waals surface area contributed by atoms with Crippen molar-refractivity contribution in [2.45, 2.75) is 64.4 Å². The summed E-state index contributed by atoms with van der Waals surface area (Å²) in [4.78, 5) is 33.6. The molecule has 2 aliphatic heterocycles. The van der Waals surface area contributed by atoms with Crippen molar-refractivity contribution in [1.29, 1.82) is 0 Å². The van der Waals surface area contributed by atoms with Crippen molar-refractivity contribution in [2.24, 2.45) is 0 Å². The van der Waals surface area contributed by atoms with E-state index < -0.39 is 0 Å². The van der Waals surface area contributed by atoms with Crippen LogP contribution in [0.4, 0.5) is 4.39 Å². The molecule has 0 radical (unpaired) electrons. The molecule has 1 unspecified atom stereocenters. The molecule has 0 bridgehead atoms. The minimum atomic E-state index is -0.370. The Morgan fingerprint density at radius 1 is 1.04 bits per heavy atom. The number of nitrogens with zero attached hydrogens (tertiary/aromatic N) is 4. The first-order valence-electron chi connectivity index (χ1n) is 17.5. The second-order valence-electron chi connectivity index (χ2n) is 13.3. The van der Waals surface area contributed by atoms with Crippen molar-refractivity contribution in [3.63, 3.8) is 0 Å². The molecule has 0 spiro atoms. The van der Waals surface area contributed by atoms with Gasteiger partial charge in [0.25, 0.3) is 5.56 Å². The van der Waals surface area contributed by atoms with Crippen LogP contribution >= 0.6 is 11.6 Å². The zero-order valence-corrected chi connectivity index (χ0v) is 29.7. The maximum atomic E-state index is 14.1. The number of likely N-dealkylation sites (tertiary alicyclic amines) is 1. The first-order valence-corrected chi connectivity index (χ1v) is 17.9. The number of hydrogen-bond acceptors (Lipinski definition) is 7. The van der Waals surface area contributed by atoms with E-state index in [4.69, 9.17) is 31.0 Å². The molecule has 52 heavy (non-hydrogen) atoms. The number of pyridine rings is 1. The molecule has 1 amide bonds. The largest absolute Gasteiger partial charge is 0.473 e. The minimum absolute atomic E-state index is 0.115. The van der Waals surface area contributed by atoms with E-state index in [1.807, 2.05) is 18.2 Å². The quantitative estimate of drug-likeness (QED) is 0.132. The SMILES string of the molecule is Cc1ccc2c(c1)nc(CN1CCC(c3cccc(OCc4ccc(Cl)cc4F)n3)CC1)n2CC1CCO1.O=CNCc1ccc2[nH][nH]c(=O)c2c1. The highest BCUT2D eigenvalue weighted by Crippen LogP contribution is 2.30. The number of H-pyrrole nitrogens is 2. The number of aromatic nitrogens is 5. The normalized spacial score (nSPS) is 16.3. The number of fused-ring (bicyclic) bond motifs is 2. The smallest absolute Gasteiger partial charge is 0.271 e. The number of benzene rings is 3. The number of carbonyl (C=O) groups excluding carboxylic acids is 1. The standard InChI is InChI=1S/C30H32ClFN4O2.C9H9N3O2/c1-20-5-8-28-27(15-20)33-29(36(28)17-24-11-14-37-24)18-35-12-9-21(10-13-35)26-3-2-4-30(34-26)38-19-22-6-7-23(31)16-25(22)32;13-5-10-4-6-1-2-8-7(3-6)9(14)12-11-8/h2-8,15-16,21,24H,9-14,17-19H2,1H3;1-3,5H,4H2,(H,10,13)(H2,11,12,14). The maximum Gasteiger partial charge on any atom is 0.271 e. The Hall–Kier alpha value is -5.04. The van der Waals surface area contributed by atoms with Gasteiger partial charge in [-0.15, -0.1) is 0 Å². The number of piperidine rings is 1. The first-order chi connectivity index (χ1) is 25.3. The van der Waals surface area contributed by atoms with Crippen LogP contribution in [0.3, 0.4) is 0 Å². The van der Waals surface area contributed by atoms with Gasteiger partial charge in [0.15, 0.2) is 0 Å². The van der Waals surface area contributed by atoms with Gasteiger partial charge in [0.2, 0.25) is 12.3 Å².